The van der Waals surface area contributed by atoms with Crippen LogP contribution >= 0.6 is 0 Å². The Balaban J connectivity index is 1.53. The second-order valence-electron chi connectivity index (χ2n) is 9.08. The Morgan fingerprint density at radius 2 is 1.70 bits per heavy atom. The molecule has 200 valence electrons. The first kappa shape index (κ1) is 28.4. The monoisotopic (exact) mass is 507 g/mol. The van der Waals surface area contributed by atoms with Crippen LogP contribution in [0.2, 0.25) is 0 Å². The average Bonchev–Trinajstić information content (AvgIpc) is 2.92. The molecule has 0 saturated heterocycles. The fraction of sp³-hybridized carbons (Fsp3) is 0.500. The normalized spacial score (nSPS) is 12.2. The Morgan fingerprint density at radius 1 is 0.946 bits per heavy atom. The van der Waals surface area contributed by atoms with Gasteiger partial charge in [-0.3, -0.25) is 15.4 Å². The van der Waals surface area contributed by atoms with E-state index in [1.54, 1.807) is 0 Å². The van der Waals surface area contributed by atoms with E-state index in [1.165, 1.54) is 44.9 Å². The van der Waals surface area contributed by atoms with Crippen LogP contribution in [0.4, 0.5) is 11.4 Å². The number of fused-ring (bicyclic) bond motifs is 1. The van der Waals surface area contributed by atoms with Crippen LogP contribution in [0.3, 0.4) is 0 Å². The molecule has 0 aliphatic carbocycles. The fourth-order valence-corrected chi connectivity index (χ4v) is 4.16. The summed E-state index contributed by atoms with van der Waals surface area (Å²) in [6.07, 6.45) is 17.6. The minimum absolute atomic E-state index is 0.0778. The Bertz CT molecular complexity index is 1020. The lowest BCUT2D eigenvalue weighted by Gasteiger charge is -2.29. The number of ether oxygens (including phenoxy) is 3. The van der Waals surface area contributed by atoms with Crippen LogP contribution in [-0.2, 0) is 4.74 Å². The lowest BCUT2D eigenvalue weighted by molar-refractivity contribution is 0.0952. The molecule has 0 fully saturated rings. The smallest absolute Gasteiger partial charge is 0.163 e. The molecule has 1 heterocycles. The van der Waals surface area contributed by atoms with E-state index >= 15 is 0 Å². The van der Waals surface area contributed by atoms with Gasteiger partial charge in [0.05, 0.1) is 24.6 Å². The van der Waals surface area contributed by atoms with Crippen molar-refractivity contribution in [1.29, 1.82) is 0 Å². The first-order valence-electron chi connectivity index (χ1n) is 13.5. The van der Waals surface area contributed by atoms with Gasteiger partial charge in [-0.15, -0.1) is 6.42 Å². The van der Waals surface area contributed by atoms with Crippen molar-refractivity contribution < 1.29 is 19.3 Å². The third-order valence-corrected chi connectivity index (χ3v) is 6.11. The molecule has 2 N–H and O–H groups in total. The number of nitrogens with zero attached hydrogens (tertiary/aromatic N) is 2. The molecule has 0 radical (unpaired) electrons. The third kappa shape index (κ3) is 9.64. The zero-order valence-electron chi connectivity index (χ0n) is 22.1. The maximum Gasteiger partial charge on any atom is 0.163 e. The number of unbranched alkanes of at least 4 members (excludes halogenated alkanes) is 7. The molecule has 7 nitrogen and oxygen atoms in total. The Morgan fingerprint density at radius 3 is 2.49 bits per heavy atom. The highest BCUT2D eigenvalue weighted by atomic mass is 16.5. The van der Waals surface area contributed by atoms with Crippen molar-refractivity contribution >= 4 is 17.6 Å². The summed E-state index contributed by atoms with van der Waals surface area (Å²) in [5.74, 6) is 3.83. The lowest BCUT2D eigenvalue weighted by atomic mass is 10.1. The largest absolute Gasteiger partial charge is 0.487 e. The molecule has 1 aliphatic heterocycles. The van der Waals surface area contributed by atoms with Gasteiger partial charge in [0.1, 0.15) is 19.9 Å². The molecule has 1 aliphatic rings. The summed E-state index contributed by atoms with van der Waals surface area (Å²) in [5.41, 5.74) is 6.85. The van der Waals surface area contributed by atoms with E-state index in [1.807, 2.05) is 47.6 Å². The highest BCUT2D eigenvalue weighted by Gasteiger charge is 2.19. The van der Waals surface area contributed by atoms with E-state index in [-0.39, 0.29) is 13.2 Å². The fourth-order valence-electron chi connectivity index (χ4n) is 4.16. The number of hydrogen-bond acceptors (Lipinski definition) is 7. The van der Waals surface area contributed by atoms with Crippen molar-refractivity contribution in [2.24, 2.45) is 4.99 Å². The van der Waals surface area contributed by atoms with Gasteiger partial charge >= 0.3 is 0 Å². The molecule has 0 aromatic heterocycles. The number of anilines is 2. The first-order chi connectivity index (χ1) is 18.2. The molecular formula is C30H41N3O4. The van der Waals surface area contributed by atoms with Gasteiger partial charge in [-0.2, -0.15) is 0 Å². The number of aliphatic hydroxyl groups is 1. The van der Waals surface area contributed by atoms with E-state index in [9.17, 15) is 5.11 Å². The van der Waals surface area contributed by atoms with Crippen LogP contribution in [0.5, 0.6) is 11.5 Å². The molecule has 0 bridgehead atoms. The van der Waals surface area contributed by atoms with Gasteiger partial charge in [-0.25, -0.2) is 0 Å². The SMILES string of the molecule is C#Cc1cccc(NN2CN=Cc3cc(OCCO)c(OCCOCCCCCCCCCC)cc32)c1. The van der Waals surface area contributed by atoms with E-state index in [2.05, 4.69) is 23.3 Å². The topological polar surface area (TPSA) is 75.6 Å². The van der Waals surface area contributed by atoms with Gasteiger partial charge in [0.25, 0.3) is 0 Å². The summed E-state index contributed by atoms with van der Waals surface area (Å²) in [6.45, 7) is 4.46. The zero-order valence-corrected chi connectivity index (χ0v) is 22.1. The summed E-state index contributed by atoms with van der Waals surface area (Å²) < 4.78 is 17.6. The summed E-state index contributed by atoms with van der Waals surface area (Å²) >= 11 is 0. The maximum atomic E-state index is 9.25. The maximum absolute atomic E-state index is 9.25. The number of aliphatic imine (C=N–C) groups is 1. The number of terminal acetylenes is 1. The second kappa shape index (κ2) is 16.5. The quantitative estimate of drug-likeness (QED) is 0.196. The van der Waals surface area contributed by atoms with Crippen molar-refractivity contribution in [3.8, 4) is 23.8 Å². The lowest BCUT2D eigenvalue weighted by Crippen LogP contribution is -2.33. The molecular weight excluding hydrogens is 466 g/mol. The molecule has 3 rings (SSSR count). The van der Waals surface area contributed by atoms with Crippen LogP contribution in [-0.4, -0.2) is 51.0 Å². The van der Waals surface area contributed by atoms with E-state index < -0.39 is 0 Å². The third-order valence-electron chi connectivity index (χ3n) is 6.11. The van der Waals surface area contributed by atoms with Crippen LogP contribution in [0.1, 0.15) is 69.4 Å². The Kier molecular flexibility index (Phi) is 12.7. The van der Waals surface area contributed by atoms with Gasteiger partial charge in [-0.1, -0.05) is 63.9 Å². The van der Waals surface area contributed by atoms with Gasteiger partial charge in [0.2, 0.25) is 0 Å². The summed E-state index contributed by atoms with van der Waals surface area (Å²) in [5, 5.41) is 11.2. The van der Waals surface area contributed by atoms with Gasteiger partial charge in [-0.05, 0) is 30.7 Å². The van der Waals surface area contributed by atoms with Crippen molar-refractivity contribution in [3.63, 3.8) is 0 Å². The molecule has 2 aromatic carbocycles. The van der Waals surface area contributed by atoms with Crippen molar-refractivity contribution in [2.75, 3.05) is 50.1 Å². The van der Waals surface area contributed by atoms with E-state index in [0.717, 1.165) is 35.5 Å². The van der Waals surface area contributed by atoms with Crippen LogP contribution in [0.15, 0.2) is 41.4 Å². The second-order valence-corrected chi connectivity index (χ2v) is 9.08. The van der Waals surface area contributed by atoms with Gasteiger partial charge in [0, 0.05) is 30.0 Å². The molecule has 7 heteroatoms. The standard InChI is InChI=1S/C30H41N3O4/c1-3-5-6-7-8-9-10-11-16-35-18-19-37-30-22-28-26(21-29(30)36-17-15-34)23-31-24-33(28)32-27-14-12-13-25(4-2)20-27/h2,12-14,20-23,32,34H,3,5-11,15-19,24H2,1H3. The van der Waals surface area contributed by atoms with E-state index in [4.69, 9.17) is 20.6 Å². The van der Waals surface area contributed by atoms with Gasteiger partial charge in [0.15, 0.2) is 11.5 Å². The number of hydrazine groups is 1. The Labute approximate surface area is 221 Å². The summed E-state index contributed by atoms with van der Waals surface area (Å²) in [6, 6.07) is 11.5. The summed E-state index contributed by atoms with van der Waals surface area (Å²) in [7, 11) is 0. The minimum Gasteiger partial charge on any atom is -0.487 e. The van der Waals surface area contributed by atoms with Gasteiger partial charge < -0.3 is 19.3 Å². The predicted octanol–water partition coefficient (Wildman–Crippen LogP) is 5.80. The first-order valence-corrected chi connectivity index (χ1v) is 13.5. The number of rotatable bonds is 18. The number of nitrogens with one attached hydrogen (secondary N) is 1. The van der Waals surface area contributed by atoms with Crippen molar-refractivity contribution in [1.82, 2.24) is 0 Å². The molecule has 0 amide bonds. The molecule has 0 atom stereocenters. The summed E-state index contributed by atoms with van der Waals surface area (Å²) in [4.78, 5) is 4.46. The highest BCUT2D eigenvalue weighted by Crippen LogP contribution is 2.36. The van der Waals surface area contributed by atoms with Crippen LogP contribution < -0.4 is 19.9 Å². The molecule has 37 heavy (non-hydrogen) atoms. The predicted molar refractivity (Wildman–Crippen MR) is 151 cm³/mol. The highest BCUT2D eigenvalue weighted by molar-refractivity contribution is 5.92. The Hall–Kier alpha value is -3.21. The van der Waals surface area contributed by atoms with Crippen molar-refractivity contribution in [2.45, 2.75) is 58.3 Å². The molecule has 0 unspecified atom stereocenters. The number of aliphatic hydroxyl groups excluding tert-OH is 1. The molecule has 2 aromatic rings. The van der Waals surface area contributed by atoms with Crippen LogP contribution in [0, 0.1) is 12.3 Å². The average molecular weight is 508 g/mol. The van der Waals surface area contributed by atoms with Crippen LogP contribution in [0.25, 0.3) is 0 Å². The number of hydrogen-bond donors (Lipinski definition) is 2. The molecule has 0 saturated carbocycles. The number of benzene rings is 2. The van der Waals surface area contributed by atoms with Crippen molar-refractivity contribution in [3.05, 3.63) is 47.5 Å². The minimum atomic E-state index is -0.0778. The van der Waals surface area contributed by atoms with E-state index in [0.29, 0.717) is 31.4 Å². The molecule has 0 spiro atoms. The zero-order chi connectivity index (χ0) is 26.1.